The maximum atomic E-state index is 5.06. The first-order valence-corrected chi connectivity index (χ1v) is 15.8. The fourth-order valence-electron chi connectivity index (χ4n) is 7.82. The first-order chi connectivity index (χ1) is 21.1. The highest BCUT2D eigenvalue weighted by Gasteiger charge is 2.47. The number of benzene rings is 6. The van der Waals surface area contributed by atoms with Crippen LogP contribution in [0, 0.1) is 0 Å². The van der Waals surface area contributed by atoms with Crippen LogP contribution in [0.3, 0.4) is 0 Å². The van der Waals surface area contributed by atoms with E-state index in [1.807, 2.05) is 0 Å². The minimum atomic E-state index is -0.459. The van der Waals surface area contributed by atoms with Crippen LogP contribution in [0.15, 0.2) is 140 Å². The van der Waals surface area contributed by atoms with Gasteiger partial charge in [-0.05, 0) is 73.8 Å². The van der Waals surface area contributed by atoms with Crippen molar-refractivity contribution >= 4 is 21.6 Å². The fraction of sp³-hybridized carbons (Fsp3) is 0.0976. The van der Waals surface area contributed by atoms with Crippen LogP contribution < -0.4 is 0 Å². The predicted octanol–water partition coefficient (Wildman–Crippen LogP) is 10.6. The minimum Gasteiger partial charge on any atom is -0.236 e. The summed E-state index contributed by atoms with van der Waals surface area (Å²) in [4.78, 5) is 5.06. The summed E-state index contributed by atoms with van der Waals surface area (Å²) in [6.07, 6.45) is 0. The lowest BCUT2D eigenvalue weighted by molar-refractivity contribution is 0.655. The molecule has 204 valence electrons. The number of rotatable bonds is 3. The molecular formula is C41H29NS. The largest absolute Gasteiger partial charge is 0.236 e. The molecule has 9 rings (SSSR count). The topological polar surface area (TPSA) is 12.9 Å². The van der Waals surface area contributed by atoms with Crippen molar-refractivity contribution in [3.05, 3.63) is 173 Å². The number of nitrogens with zero attached hydrogens (tertiary/aromatic N) is 1. The molecule has 6 aromatic carbocycles. The molecule has 0 saturated heterocycles. The number of fused-ring (bicyclic) bond motifs is 7. The average molecular weight is 568 g/mol. The maximum absolute atomic E-state index is 5.06. The van der Waals surface area contributed by atoms with E-state index in [4.69, 9.17) is 4.98 Å². The minimum absolute atomic E-state index is 0.0798. The van der Waals surface area contributed by atoms with Gasteiger partial charge in [0.2, 0.25) is 0 Å². The third-order valence-electron chi connectivity index (χ3n) is 9.81. The van der Waals surface area contributed by atoms with E-state index in [1.54, 1.807) is 11.3 Å². The smallest absolute Gasteiger partial charge is 0.124 e. The van der Waals surface area contributed by atoms with Gasteiger partial charge in [0, 0.05) is 11.0 Å². The van der Waals surface area contributed by atoms with E-state index in [1.165, 1.54) is 65.9 Å². The quantitative estimate of drug-likeness (QED) is 0.207. The Morgan fingerprint density at radius 2 is 1.12 bits per heavy atom. The van der Waals surface area contributed by atoms with Crippen molar-refractivity contribution in [2.45, 2.75) is 24.7 Å². The van der Waals surface area contributed by atoms with Crippen LogP contribution in [0.1, 0.15) is 47.2 Å². The Morgan fingerprint density at radius 3 is 1.93 bits per heavy atom. The van der Waals surface area contributed by atoms with Gasteiger partial charge in [0.25, 0.3) is 0 Å². The molecule has 0 spiro atoms. The van der Waals surface area contributed by atoms with Crippen LogP contribution >= 0.6 is 11.3 Å². The molecule has 43 heavy (non-hydrogen) atoms. The van der Waals surface area contributed by atoms with Crippen molar-refractivity contribution in [2.75, 3.05) is 0 Å². The predicted molar refractivity (Wildman–Crippen MR) is 180 cm³/mol. The third kappa shape index (κ3) is 3.30. The van der Waals surface area contributed by atoms with Crippen molar-refractivity contribution in [3.8, 4) is 32.8 Å². The van der Waals surface area contributed by atoms with Crippen molar-refractivity contribution < 1.29 is 0 Å². The third-order valence-corrected chi connectivity index (χ3v) is 10.9. The molecule has 0 amide bonds. The Balaban J connectivity index is 1.36. The lowest BCUT2D eigenvalue weighted by atomic mass is 9.66. The molecule has 2 aliphatic rings. The highest BCUT2D eigenvalue weighted by molar-refractivity contribution is 7.21. The molecule has 2 heteroatoms. The molecule has 1 atom stereocenters. The van der Waals surface area contributed by atoms with Gasteiger partial charge in [0.1, 0.15) is 5.01 Å². The molecule has 0 saturated carbocycles. The van der Waals surface area contributed by atoms with E-state index in [-0.39, 0.29) is 5.41 Å². The van der Waals surface area contributed by atoms with Crippen molar-refractivity contribution in [1.82, 2.24) is 4.98 Å². The van der Waals surface area contributed by atoms with E-state index in [2.05, 4.69) is 153 Å². The zero-order chi connectivity index (χ0) is 28.8. The summed E-state index contributed by atoms with van der Waals surface area (Å²) in [6, 6.07) is 51.8. The first-order valence-electron chi connectivity index (χ1n) is 15.0. The van der Waals surface area contributed by atoms with E-state index in [0.29, 0.717) is 0 Å². The fourth-order valence-corrected chi connectivity index (χ4v) is 8.78. The van der Waals surface area contributed by atoms with Gasteiger partial charge in [-0.15, -0.1) is 11.3 Å². The molecule has 0 bridgehead atoms. The molecule has 7 aromatic rings. The summed E-state index contributed by atoms with van der Waals surface area (Å²) in [6.45, 7) is 4.75. The zero-order valence-electron chi connectivity index (χ0n) is 24.1. The van der Waals surface area contributed by atoms with Gasteiger partial charge in [0.05, 0.1) is 15.6 Å². The molecule has 1 heterocycles. The van der Waals surface area contributed by atoms with Gasteiger partial charge < -0.3 is 0 Å². The van der Waals surface area contributed by atoms with Crippen LogP contribution in [-0.2, 0) is 10.8 Å². The summed E-state index contributed by atoms with van der Waals surface area (Å²) in [5, 5.41) is 1.06. The highest BCUT2D eigenvalue weighted by Crippen LogP contribution is 2.58. The van der Waals surface area contributed by atoms with Gasteiger partial charge in [-0.3, -0.25) is 0 Å². The number of hydrogen-bond acceptors (Lipinski definition) is 2. The number of aromatic nitrogens is 1. The van der Waals surface area contributed by atoms with Gasteiger partial charge in [-0.2, -0.15) is 0 Å². The standard InChI is InChI=1S/C41H29NS/c1-40(2)33-16-8-6-14-29(33)31-23-21-28(25-35(31)40)41(27-12-4-3-5-13-27)34-17-9-7-15-30(34)32-22-20-26(24-36(32)41)39-42-37-18-10-11-19-38(37)43-39/h3-25H,1-2H3. The molecular weight excluding hydrogens is 539 g/mol. The summed E-state index contributed by atoms with van der Waals surface area (Å²) < 4.78 is 1.22. The lowest BCUT2D eigenvalue weighted by Crippen LogP contribution is -2.29. The van der Waals surface area contributed by atoms with Crippen LogP contribution in [0.5, 0.6) is 0 Å². The summed E-state index contributed by atoms with van der Waals surface area (Å²) in [5.74, 6) is 0. The van der Waals surface area contributed by atoms with Crippen LogP contribution in [-0.4, -0.2) is 4.98 Å². The summed E-state index contributed by atoms with van der Waals surface area (Å²) in [7, 11) is 0. The molecule has 2 aliphatic carbocycles. The molecule has 1 nitrogen and oxygen atoms in total. The Kier molecular flexibility index (Phi) is 5.10. The van der Waals surface area contributed by atoms with E-state index >= 15 is 0 Å². The first kappa shape index (κ1) is 24.8. The van der Waals surface area contributed by atoms with Gasteiger partial charge in [-0.25, -0.2) is 4.98 Å². The van der Waals surface area contributed by atoms with Gasteiger partial charge in [-0.1, -0.05) is 135 Å². The molecule has 0 N–H and O–H groups in total. The van der Waals surface area contributed by atoms with Crippen molar-refractivity contribution in [1.29, 1.82) is 0 Å². The van der Waals surface area contributed by atoms with E-state index in [9.17, 15) is 0 Å². The number of thiazole rings is 1. The molecule has 1 aromatic heterocycles. The Morgan fingerprint density at radius 1 is 0.488 bits per heavy atom. The lowest BCUT2D eigenvalue weighted by Gasteiger charge is -2.35. The van der Waals surface area contributed by atoms with Gasteiger partial charge >= 0.3 is 0 Å². The van der Waals surface area contributed by atoms with Crippen LogP contribution in [0.25, 0.3) is 43.0 Å². The average Bonchev–Trinajstić information content (AvgIpc) is 3.69. The molecule has 1 unspecified atom stereocenters. The Bertz CT molecular complexity index is 2190. The monoisotopic (exact) mass is 567 g/mol. The second-order valence-corrected chi connectivity index (χ2v) is 13.4. The number of para-hydroxylation sites is 1. The Hall–Kier alpha value is -4.79. The van der Waals surface area contributed by atoms with E-state index in [0.717, 1.165) is 10.5 Å². The molecule has 0 fully saturated rings. The van der Waals surface area contributed by atoms with Crippen molar-refractivity contribution in [2.24, 2.45) is 0 Å². The Labute approximate surface area is 256 Å². The highest BCUT2D eigenvalue weighted by atomic mass is 32.1. The number of hydrogen-bond donors (Lipinski definition) is 0. The second kappa shape index (κ2) is 8.86. The second-order valence-electron chi connectivity index (χ2n) is 12.3. The van der Waals surface area contributed by atoms with Gasteiger partial charge in [0.15, 0.2) is 0 Å². The SMILES string of the molecule is CC1(C)c2ccccc2-c2ccc(C3(c4ccccc4)c4ccccc4-c4ccc(-c5nc6ccccc6s5)cc43)cc21. The summed E-state index contributed by atoms with van der Waals surface area (Å²) >= 11 is 1.77. The molecule has 0 aliphatic heterocycles. The molecule has 0 radical (unpaired) electrons. The van der Waals surface area contributed by atoms with Crippen LogP contribution in [0.2, 0.25) is 0 Å². The van der Waals surface area contributed by atoms with E-state index < -0.39 is 5.41 Å². The van der Waals surface area contributed by atoms with Crippen LogP contribution in [0.4, 0.5) is 0 Å². The zero-order valence-corrected chi connectivity index (χ0v) is 25.0. The van der Waals surface area contributed by atoms with Crippen molar-refractivity contribution in [3.63, 3.8) is 0 Å². The maximum Gasteiger partial charge on any atom is 0.124 e. The summed E-state index contributed by atoms with van der Waals surface area (Å²) in [5.41, 5.74) is 15.1. The normalized spacial score (nSPS) is 17.3.